The van der Waals surface area contributed by atoms with E-state index in [1.54, 1.807) is 34.0 Å². The van der Waals surface area contributed by atoms with Gasteiger partial charge >= 0.3 is 0 Å². The van der Waals surface area contributed by atoms with Gasteiger partial charge in [0.15, 0.2) is 0 Å². The van der Waals surface area contributed by atoms with Crippen LogP contribution in [0.3, 0.4) is 0 Å². The first-order chi connectivity index (χ1) is 9.07. The quantitative estimate of drug-likeness (QED) is 0.825. The van der Waals surface area contributed by atoms with Crippen molar-refractivity contribution in [3.63, 3.8) is 0 Å². The number of amides is 1. The number of likely N-dealkylation sites (N-methyl/N-ethyl adjacent to an activating group) is 2. The number of nitrogens with zero attached hydrogens (tertiary/aromatic N) is 2. The van der Waals surface area contributed by atoms with Crippen LogP contribution in [0.4, 0.5) is 5.69 Å². The Morgan fingerprint density at radius 1 is 1.20 bits per heavy atom. The number of carbonyl (C=O) groups is 1. The van der Waals surface area contributed by atoms with Crippen molar-refractivity contribution >= 4 is 21.6 Å². The molecule has 1 rings (SSSR count). The summed E-state index contributed by atoms with van der Waals surface area (Å²) in [6.45, 7) is 3.32. The SMILES string of the molecule is Cc1cc(N)cc(S(=O)(=O)N(C)CC(=O)N(C)C)c1C. The van der Waals surface area contributed by atoms with Gasteiger partial charge in [-0.05, 0) is 37.1 Å². The van der Waals surface area contributed by atoms with Gasteiger partial charge in [0.05, 0.1) is 11.4 Å². The van der Waals surface area contributed by atoms with Gasteiger partial charge < -0.3 is 10.6 Å². The van der Waals surface area contributed by atoms with Crippen LogP contribution in [0.1, 0.15) is 11.1 Å². The number of benzene rings is 1. The lowest BCUT2D eigenvalue weighted by Gasteiger charge is -2.21. The van der Waals surface area contributed by atoms with Gasteiger partial charge in [-0.1, -0.05) is 0 Å². The third kappa shape index (κ3) is 3.29. The number of rotatable bonds is 4. The van der Waals surface area contributed by atoms with E-state index in [9.17, 15) is 13.2 Å². The molecular formula is C13H21N3O3S. The highest BCUT2D eigenvalue weighted by molar-refractivity contribution is 7.89. The number of carbonyl (C=O) groups excluding carboxylic acids is 1. The van der Waals surface area contributed by atoms with Gasteiger partial charge in [-0.25, -0.2) is 8.42 Å². The Morgan fingerprint density at radius 2 is 1.75 bits per heavy atom. The predicted octanol–water partition coefficient (Wildman–Crippen LogP) is 0.594. The van der Waals surface area contributed by atoms with Crippen LogP contribution in [0, 0.1) is 13.8 Å². The van der Waals surface area contributed by atoms with E-state index in [2.05, 4.69) is 0 Å². The fourth-order valence-corrected chi connectivity index (χ4v) is 3.16. The third-order valence-corrected chi connectivity index (χ3v) is 5.12. The number of nitrogens with two attached hydrogens (primary N) is 1. The smallest absolute Gasteiger partial charge is 0.243 e. The third-order valence-electron chi connectivity index (χ3n) is 3.19. The number of anilines is 1. The Bertz CT molecular complexity index is 624. The summed E-state index contributed by atoms with van der Waals surface area (Å²) in [6, 6.07) is 3.15. The van der Waals surface area contributed by atoms with Gasteiger partial charge in [0.1, 0.15) is 0 Å². The van der Waals surface area contributed by atoms with Crippen LogP contribution in [0.25, 0.3) is 0 Å². The van der Waals surface area contributed by atoms with E-state index >= 15 is 0 Å². The van der Waals surface area contributed by atoms with Crippen molar-refractivity contribution in [2.24, 2.45) is 0 Å². The Hall–Kier alpha value is -1.60. The summed E-state index contributed by atoms with van der Waals surface area (Å²) < 4.78 is 26.1. The van der Waals surface area contributed by atoms with Crippen LogP contribution >= 0.6 is 0 Å². The van der Waals surface area contributed by atoms with Crippen LogP contribution in [0.2, 0.25) is 0 Å². The molecule has 0 radical (unpaired) electrons. The zero-order chi connectivity index (χ0) is 15.7. The molecule has 0 unspecified atom stereocenters. The molecule has 0 aliphatic rings. The lowest BCUT2D eigenvalue weighted by molar-refractivity contribution is -0.128. The first-order valence-corrected chi connectivity index (χ1v) is 7.54. The van der Waals surface area contributed by atoms with Gasteiger partial charge in [-0.3, -0.25) is 4.79 Å². The molecule has 0 saturated carbocycles. The normalized spacial score (nSPS) is 11.7. The second-order valence-corrected chi connectivity index (χ2v) is 7.02. The second-order valence-electron chi connectivity index (χ2n) is 5.01. The summed E-state index contributed by atoms with van der Waals surface area (Å²) in [5, 5.41) is 0. The number of hydrogen-bond donors (Lipinski definition) is 1. The van der Waals surface area contributed by atoms with Crippen molar-refractivity contribution in [1.29, 1.82) is 0 Å². The second kappa shape index (κ2) is 5.80. The lowest BCUT2D eigenvalue weighted by Crippen LogP contribution is -2.38. The van der Waals surface area contributed by atoms with E-state index in [1.165, 1.54) is 18.0 Å². The van der Waals surface area contributed by atoms with Gasteiger partial charge in [0.2, 0.25) is 15.9 Å². The average molecular weight is 299 g/mol. The molecule has 0 bridgehead atoms. The van der Waals surface area contributed by atoms with Crippen LogP contribution in [0.5, 0.6) is 0 Å². The van der Waals surface area contributed by atoms with Crippen LogP contribution in [0.15, 0.2) is 17.0 Å². The van der Waals surface area contributed by atoms with E-state index in [0.29, 0.717) is 11.3 Å². The molecular weight excluding hydrogens is 278 g/mol. The van der Waals surface area contributed by atoms with Crippen LogP contribution in [-0.4, -0.2) is 51.2 Å². The molecule has 1 aromatic carbocycles. The molecule has 0 aliphatic carbocycles. The topological polar surface area (TPSA) is 83.7 Å². The Labute approximate surface area is 120 Å². The van der Waals surface area contributed by atoms with Crippen molar-refractivity contribution in [2.45, 2.75) is 18.7 Å². The first-order valence-electron chi connectivity index (χ1n) is 6.10. The average Bonchev–Trinajstić information content (AvgIpc) is 2.33. The Balaban J connectivity index is 3.21. The van der Waals surface area contributed by atoms with E-state index < -0.39 is 10.0 Å². The van der Waals surface area contributed by atoms with Crippen LogP contribution in [-0.2, 0) is 14.8 Å². The summed E-state index contributed by atoms with van der Waals surface area (Å²) in [6.07, 6.45) is 0. The maximum absolute atomic E-state index is 12.5. The molecule has 1 aromatic rings. The monoisotopic (exact) mass is 299 g/mol. The summed E-state index contributed by atoms with van der Waals surface area (Å²) >= 11 is 0. The van der Waals surface area contributed by atoms with E-state index in [1.807, 2.05) is 0 Å². The maximum atomic E-state index is 12.5. The molecule has 0 fully saturated rings. The fourth-order valence-electron chi connectivity index (χ4n) is 1.71. The summed E-state index contributed by atoms with van der Waals surface area (Å²) in [5.74, 6) is -0.283. The molecule has 20 heavy (non-hydrogen) atoms. The molecule has 0 aromatic heterocycles. The molecule has 7 heteroatoms. The highest BCUT2D eigenvalue weighted by atomic mass is 32.2. The van der Waals surface area contributed by atoms with E-state index in [4.69, 9.17) is 5.73 Å². The zero-order valence-corrected chi connectivity index (χ0v) is 13.3. The fraction of sp³-hybridized carbons (Fsp3) is 0.462. The molecule has 2 N–H and O–H groups in total. The summed E-state index contributed by atoms with van der Waals surface area (Å²) in [5.41, 5.74) is 7.55. The molecule has 112 valence electrons. The van der Waals surface area contributed by atoms with E-state index in [0.717, 1.165) is 9.87 Å². The minimum absolute atomic E-state index is 0.143. The Morgan fingerprint density at radius 3 is 2.25 bits per heavy atom. The number of aryl methyl sites for hydroxylation is 1. The minimum Gasteiger partial charge on any atom is -0.399 e. The van der Waals surface area contributed by atoms with Crippen molar-refractivity contribution < 1.29 is 13.2 Å². The molecule has 0 spiro atoms. The minimum atomic E-state index is -3.74. The molecule has 0 saturated heterocycles. The highest BCUT2D eigenvalue weighted by Gasteiger charge is 2.26. The Kier molecular flexibility index (Phi) is 4.77. The number of sulfonamides is 1. The lowest BCUT2D eigenvalue weighted by atomic mass is 10.1. The molecule has 0 aliphatic heterocycles. The molecule has 1 amide bonds. The molecule has 0 heterocycles. The first kappa shape index (κ1) is 16.5. The molecule has 6 nitrogen and oxygen atoms in total. The van der Waals surface area contributed by atoms with Gasteiger partial charge in [0.25, 0.3) is 0 Å². The van der Waals surface area contributed by atoms with Gasteiger partial charge in [-0.15, -0.1) is 0 Å². The molecule has 0 atom stereocenters. The number of hydrogen-bond acceptors (Lipinski definition) is 4. The largest absolute Gasteiger partial charge is 0.399 e. The standard InChI is InChI=1S/C13H21N3O3S/c1-9-6-11(14)7-12(10(9)2)20(18,19)16(5)8-13(17)15(3)4/h6-7H,8,14H2,1-5H3. The maximum Gasteiger partial charge on any atom is 0.243 e. The number of nitrogen functional groups attached to an aromatic ring is 1. The van der Waals surface area contributed by atoms with Crippen molar-refractivity contribution in [3.05, 3.63) is 23.3 Å². The van der Waals surface area contributed by atoms with E-state index in [-0.39, 0.29) is 17.3 Å². The van der Waals surface area contributed by atoms with Crippen molar-refractivity contribution in [3.8, 4) is 0 Å². The predicted molar refractivity (Wildman–Crippen MR) is 78.8 cm³/mol. The summed E-state index contributed by atoms with van der Waals surface area (Å²) in [7, 11) is 0.810. The highest BCUT2D eigenvalue weighted by Crippen LogP contribution is 2.24. The summed E-state index contributed by atoms with van der Waals surface area (Å²) in [4.78, 5) is 13.1. The van der Waals surface area contributed by atoms with Crippen molar-refractivity contribution in [2.75, 3.05) is 33.4 Å². The van der Waals surface area contributed by atoms with Crippen LogP contribution < -0.4 is 5.73 Å². The van der Waals surface area contributed by atoms with Gasteiger partial charge in [0, 0.05) is 26.8 Å². The van der Waals surface area contributed by atoms with Gasteiger partial charge in [-0.2, -0.15) is 4.31 Å². The van der Waals surface area contributed by atoms with Crippen molar-refractivity contribution in [1.82, 2.24) is 9.21 Å². The zero-order valence-electron chi connectivity index (χ0n) is 12.5.